The van der Waals surface area contributed by atoms with Crippen LogP contribution in [0.15, 0.2) is 9.66 Å². The Labute approximate surface area is 98.2 Å². The van der Waals surface area contributed by atoms with Gasteiger partial charge in [-0.05, 0) is 41.4 Å². The maximum absolute atomic E-state index is 11.5. The quantitative estimate of drug-likeness (QED) is 0.592. The Bertz CT molecular complexity index is 272. The molecule has 0 spiro atoms. The Kier molecular flexibility index (Phi) is 3.14. The number of fused-ring (bicyclic) bond motifs is 2. The molecule has 14 heavy (non-hydrogen) atoms. The molecule has 1 aliphatic carbocycles. The van der Waals surface area contributed by atoms with Gasteiger partial charge in [0.1, 0.15) is 6.10 Å². The molecule has 2 aliphatic heterocycles. The van der Waals surface area contributed by atoms with Gasteiger partial charge < -0.3 is 4.74 Å². The Morgan fingerprint density at radius 3 is 3.07 bits per heavy atom. The number of rotatable bonds is 3. The van der Waals surface area contributed by atoms with Gasteiger partial charge >= 0.3 is 5.97 Å². The predicted molar refractivity (Wildman–Crippen MR) is 63.1 cm³/mol. The Balaban J connectivity index is 2.07. The first kappa shape index (κ1) is 10.5. The first-order valence-corrected chi connectivity index (χ1v) is 6.38. The summed E-state index contributed by atoms with van der Waals surface area (Å²) in [6.07, 6.45) is 6.85. The monoisotopic (exact) mass is 306 g/mol. The van der Waals surface area contributed by atoms with Gasteiger partial charge in [0.15, 0.2) is 0 Å². The van der Waals surface area contributed by atoms with Crippen LogP contribution in [0.25, 0.3) is 0 Å². The summed E-state index contributed by atoms with van der Waals surface area (Å²) in [5, 5.41) is 0. The lowest BCUT2D eigenvalue weighted by Gasteiger charge is -2.38. The van der Waals surface area contributed by atoms with Crippen LogP contribution in [0.2, 0.25) is 0 Å². The average molecular weight is 306 g/mol. The van der Waals surface area contributed by atoms with Crippen molar-refractivity contribution in [1.29, 1.82) is 0 Å². The van der Waals surface area contributed by atoms with Crippen molar-refractivity contribution in [3.05, 3.63) is 9.66 Å². The lowest BCUT2D eigenvalue weighted by atomic mass is 9.77. The molecule has 0 radical (unpaired) electrons. The second-order valence-corrected chi connectivity index (χ2v) is 5.39. The molecule has 0 aromatic rings. The lowest BCUT2D eigenvalue weighted by molar-refractivity contribution is -0.161. The molecule has 0 amide bonds. The lowest BCUT2D eigenvalue weighted by Crippen LogP contribution is -2.41. The van der Waals surface area contributed by atoms with E-state index in [0.29, 0.717) is 5.92 Å². The van der Waals surface area contributed by atoms with Crippen LogP contribution < -0.4 is 0 Å². The third-order valence-corrected chi connectivity index (χ3v) is 4.18. The number of unbranched alkanes of at least 4 members (excludes halogenated alkanes) is 1. The van der Waals surface area contributed by atoms with Crippen molar-refractivity contribution in [2.24, 2.45) is 11.8 Å². The smallest absolute Gasteiger partial charge is 0.313 e. The van der Waals surface area contributed by atoms with Crippen molar-refractivity contribution in [1.82, 2.24) is 0 Å². The summed E-state index contributed by atoms with van der Waals surface area (Å²) < 4.78 is 6.52. The van der Waals surface area contributed by atoms with Crippen LogP contribution in [0, 0.1) is 11.8 Å². The fraction of sp³-hybridized carbons (Fsp3) is 0.727. The van der Waals surface area contributed by atoms with Crippen molar-refractivity contribution in [3.8, 4) is 0 Å². The molecular formula is C11H15IO2. The number of hydrogen-bond acceptors (Lipinski definition) is 2. The minimum atomic E-state index is 0.00256. The first-order chi connectivity index (χ1) is 6.72. The first-order valence-electron chi connectivity index (χ1n) is 5.30. The molecule has 1 fully saturated rings. The standard InChI is InChI=1S/C11H15IO2/c1-2-3-4-7-5-10-9(12)6-8(7)11(13)14-10/h6-8,10H,2-5H2,1H3/t7-,8-,10-/m0/s1. The van der Waals surface area contributed by atoms with E-state index in [1.54, 1.807) is 0 Å². The molecule has 0 N–H and O–H groups in total. The molecule has 1 saturated heterocycles. The van der Waals surface area contributed by atoms with Crippen LogP contribution >= 0.6 is 22.6 Å². The Morgan fingerprint density at radius 2 is 2.43 bits per heavy atom. The third-order valence-electron chi connectivity index (χ3n) is 3.13. The van der Waals surface area contributed by atoms with Crippen LogP contribution in [0.3, 0.4) is 0 Å². The van der Waals surface area contributed by atoms with Gasteiger partial charge in [-0.25, -0.2) is 0 Å². The number of carbonyl (C=O) groups is 1. The van der Waals surface area contributed by atoms with Crippen LogP contribution in [-0.4, -0.2) is 12.1 Å². The van der Waals surface area contributed by atoms with E-state index in [4.69, 9.17) is 4.74 Å². The van der Waals surface area contributed by atoms with Gasteiger partial charge in [0.05, 0.1) is 5.92 Å². The van der Waals surface area contributed by atoms with Crippen molar-refractivity contribution in [3.63, 3.8) is 0 Å². The largest absolute Gasteiger partial charge is 0.457 e. The molecule has 3 heteroatoms. The molecule has 0 saturated carbocycles. The molecule has 3 aliphatic rings. The molecule has 0 unspecified atom stereocenters. The summed E-state index contributed by atoms with van der Waals surface area (Å²) in [7, 11) is 0. The maximum atomic E-state index is 11.5. The molecule has 3 rings (SSSR count). The molecule has 2 heterocycles. The molecule has 0 aromatic carbocycles. The number of hydrogen-bond donors (Lipinski definition) is 0. The molecule has 3 atom stereocenters. The normalized spacial score (nSPS) is 35.4. The van der Waals surface area contributed by atoms with E-state index in [9.17, 15) is 4.79 Å². The number of halogens is 1. The molecular weight excluding hydrogens is 291 g/mol. The average Bonchev–Trinajstić information content (AvgIpc) is 2.17. The van der Waals surface area contributed by atoms with Crippen molar-refractivity contribution in [2.45, 2.75) is 38.7 Å². The number of ether oxygens (including phenoxy) is 1. The third kappa shape index (κ3) is 1.83. The van der Waals surface area contributed by atoms with Gasteiger partial charge in [0, 0.05) is 3.58 Å². The van der Waals surface area contributed by atoms with Crippen molar-refractivity contribution < 1.29 is 9.53 Å². The summed E-state index contributed by atoms with van der Waals surface area (Å²) >= 11 is 2.29. The zero-order chi connectivity index (χ0) is 10.1. The van der Waals surface area contributed by atoms with Gasteiger partial charge in [0.25, 0.3) is 0 Å². The van der Waals surface area contributed by atoms with Gasteiger partial charge in [-0.1, -0.05) is 25.8 Å². The Morgan fingerprint density at radius 1 is 1.64 bits per heavy atom. The second-order valence-electron chi connectivity index (χ2n) is 4.14. The van der Waals surface area contributed by atoms with E-state index in [2.05, 4.69) is 35.6 Å². The zero-order valence-corrected chi connectivity index (χ0v) is 10.5. The second kappa shape index (κ2) is 4.21. The van der Waals surface area contributed by atoms with Crippen LogP contribution in [-0.2, 0) is 9.53 Å². The zero-order valence-electron chi connectivity index (χ0n) is 8.33. The maximum Gasteiger partial charge on any atom is 0.313 e. The van der Waals surface area contributed by atoms with E-state index in [-0.39, 0.29) is 18.0 Å². The van der Waals surface area contributed by atoms with Crippen LogP contribution in [0.5, 0.6) is 0 Å². The fourth-order valence-electron chi connectivity index (χ4n) is 2.30. The molecule has 2 bridgehead atoms. The minimum Gasteiger partial charge on any atom is -0.457 e. The van der Waals surface area contributed by atoms with Crippen LogP contribution in [0.4, 0.5) is 0 Å². The topological polar surface area (TPSA) is 26.3 Å². The summed E-state index contributed by atoms with van der Waals surface area (Å²) in [6, 6.07) is 0. The SMILES string of the molecule is CCCC[C@H]1C[C@@H]2OC(=O)[C@H]1C=C2I. The van der Waals surface area contributed by atoms with Gasteiger partial charge in [-0.3, -0.25) is 4.79 Å². The van der Waals surface area contributed by atoms with Crippen molar-refractivity contribution >= 4 is 28.6 Å². The highest BCUT2D eigenvalue weighted by molar-refractivity contribution is 14.1. The van der Waals surface area contributed by atoms with Gasteiger partial charge in [-0.2, -0.15) is 0 Å². The number of carbonyl (C=O) groups excluding carboxylic acids is 1. The number of esters is 1. The molecule has 2 nitrogen and oxygen atoms in total. The Hall–Kier alpha value is -0.0600. The summed E-state index contributed by atoms with van der Waals surface area (Å²) in [6.45, 7) is 2.19. The highest BCUT2D eigenvalue weighted by Gasteiger charge is 2.42. The molecule has 78 valence electrons. The fourth-order valence-corrected chi connectivity index (χ4v) is 3.07. The predicted octanol–water partition coefficient (Wildman–Crippen LogP) is 3.06. The van der Waals surface area contributed by atoms with Crippen molar-refractivity contribution in [2.75, 3.05) is 0 Å². The van der Waals surface area contributed by atoms with Crippen LogP contribution in [0.1, 0.15) is 32.6 Å². The highest BCUT2D eigenvalue weighted by atomic mass is 127. The van der Waals surface area contributed by atoms with E-state index in [1.165, 1.54) is 22.8 Å². The summed E-state index contributed by atoms with van der Waals surface area (Å²) in [5.41, 5.74) is 0. The van der Waals surface area contributed by atoms with E-state index < -0.39 is 0 Å². The van der Waals surface area contributed by atoms with E-state index >= 15 is 0 Å². The van der Waals surface area contributed by atoms with E-state index in [1.807, 2.05) is 0 Å². The molecule has 0 aromatic heterocycles. The van der Waals surface area contributed by atoms with Gasteiger partial charge in [-0.15, -0.1) is 0 Å². The summed E-state index contributed by atoms with van der Waals surface area (Å²) in [5.74, 6) is 0.598. The van der Waals surface area contributed by atoms with E-state index in [0.717, 1.165) is 6.42 Å². The highest BCUT2D eigenvalue weighted by Crippen LogP contribution is 2.41. The minimum absolute atomic E-state index is 0.00256. The summed E-state index contributed by atoms with van der Waals surface area (Å²) in [4.78, 5) is 11.5. The van der Waals surface area contributed by atoms with Gasteiger partial charge in [0.2, 0.25) is 0 Å².